The summed E-state index contributed by atoms with van der Waals surface area (Å²) in [5, 5.41) is 0.761. The molecule has 0 bridgehead atoms. The average Bonchev–Trinajstić information content (AvgIpc) is 3.21. The van der Waals surface area contributed by atoms with Crippen LogP contribution in [0.5, 0.6) is 0 Å². The number of hydrogen-bond acceptors (Lipinski definition) is 5. The molecular weight excluding hydrogens is 360 g/mol. The van der Waals surface area contributed by atoms with Gasteiger partial charge in [-0.1, -0.05) is 20.8 Å². The molecule has 2 aromatic heterocycles. The number of likely N-dealkylation sites (tertiary alicyclic amines) is 1. The van der Waals surface area contributed by atoms with Gasteiger partial charge in [0, 0.05) is 23.9 Å². The number of rotatable bonds is 4. The Morgan fingerprint density at radius 2 is 2.11 bits per heavy atom. The number of carbonyl (C=O) groups excluding carboxylic acids is 2. The molecule has 0 radical (unpaired) electrons. The predicted octanol–water partition coefficient (Wildman–Crippen LogP) is 2.83. The topological polar surface area (TPSA) is 89.2 Å². The highest BCUT2D eigenvalue weighted by Gasteiger charge is 2.33. The van der Waals surface area contributed by atoms with E-state index in [1.54, 1.807) is 4.90 Å². The maximum Gasteiger partial charge on any atom is 0.240 e. The summed E-state index contributed by atoms with van der Waals surface area (Å²) < 4.78 is 0. The van der Waals surface area contributed by atoms with Gasteiger partial charge in [-0.15, -0.1) is 11.3 Å². The van der Waals surface area contributed by atoms with Gasteiger partial charge in [0.1, 0.15) is 11.0 Å². The molecule has 0 unspecified atom stereocenters. The van der Waals surface area contributed by atoms with E-state index >= 15 is 0 Å². The number of nitrogens with zero attached hydrogens (tertiary/aromatic N) is 3. The van der Waals surface area contributed by atoms with Crippen LogP contribution in [0.1, 0.15) is 50.0 Å². The highest BCUT2D eigenvalue weighted by atomic mass is 32.1. The summed E-state index contributed by atoms with van der Waals surface area (Å²) in [6, 6.07) is 3.59. The quantitative estimate of drug-likeness (QED) is 0.875. The van der Waals surface area contributed by atoms with Crippen LogP contribution in [0.3, 0.4) is 0 Å². The molecule has 0 saturated carbocycles. The minimum Gasteiger partial charge on any atom is -0.368 e. The first kappa shape index (κ1) is 19.5. The van der Waals surface area contributed by atoms with Gasteiger partial charge in [0.25, 0.3) is 0 Å². The van der Waals surface area contributed by atoms with E-state index in [-0.39, 0.29) is 17.7 Å². The smallest absolute Gasteiger partial charge is 0.240 e. The largest absolute Gasteiger partial charge is 0.368 e. The van der Waals surface area contributed by atoms with Gasteiger partial charge in [-0.2, -0.15) is 0 Å². The second-order valence-corrected chi connectivity index (χ2v) is 9.11. The Hall–Kier alpha value is -2.28. The molecular formula is C20H26N4O2S. The standard InChI is InChI=1S/C20H26N4O2S/c1-12-18(13-7-8-22-15(10-13)20(2,3)4)27-16(23-12)11-17(25)24-9-5-6-14(24)19(21)26/h7-8,10,14H,5-6,9,11H2,1-4H3,(H2,21,26)/t14-/m0/s1. The third-order valence-electron chi connectivity index (χ3n) is 4.84. The van der Waals surface area contributed by atoms with E-state index in [2.05, 4.69) is 36.8 Å². The fraction of sp³-hybridized carbons (Fsp3) is 0.500. The lowest BCUT2D eigenvalue weighted by Crippen LogP contribution is -2.44. The molecule has 0 aromatic carbocycles. The monoisotopic (exact) mass is 386 g/mol. The predicted molar refractivity (Wildman–Crippen MR) is 106 cm³/mol. The van der Waals surface area contributed by atoms with Crippen LogP contribution in [-0.2, 0) is 21.4 Å². The number of aryl methyl sites for hydroxylation is 1. The molecule has 0 aliphatic carbocycles. The molecule has 144 valence electrons. The number of aromatic nitrogens is 2. The van der Waals surface area contributed by atoms with E-state index in [0.717, 1.165) is 33.3 Å². The summed E-state index contributed by atoms with van der Waals surface area (Å²) in [6.07, 6.45) is 3.48. The number of pyridine rings is 1. The summed E-state index contributed by atoms with van der Waals surface area (Å²) in [5.41, 5.74) is 8.38. The van der Waals surface area contributed by atoms with E-state index in [4.69, 9.17) is 5.73 Å². The minimum absolute atomic E-state index is 0.0348. The van der Waals surface area contributed by atoms with Crippen molar-refractivity contribution in [3.05, 3.63) is 34.7 Å². The maximum absolute atomic E-state index is 12.6. The van der Waals surface area contributed by atoms with Gasteiger partial charge >= 0.3 is 0 Å². The first-order valence-corrected chi connectivity index (χ1v) is 10.0. The molecule has 1 aliphatic rings. The second-order valence-electron chi connectivity index (χ2n) is 8.03. The molecule has 1 fully saturated rings. The summed E-state index contributed by atoms with van der Waals surface area (Å²) >= 11 is 1.53. The Morgan fingerprint density at radius 1 is 1.37 bits per heavy atom. The fourth-order valence-corrected chi connectivity index (χ4v) is 4.42. The van der Waals surface area contributed by atoms with Gasteiger partial charge in [-0.25, -0.2) is 4.98 Å². The van der Waals surface area contributed by atoms with Gasteiger partial charge in [-0.05, 0) is 37.5 Å². The lowest BCUT2D eigenvalue weighted by atomic mass is 9.90. The van der Waals surface area contributed by atoms with Crippen molar-refractivity contribution in [2.24, 2.45) is 5.73 Å². The Morgan fingerprint density at radius 3 is 2.78 bits per heavy atom. The maximum atomic E-state index is 12.6. The zero-order valence-electron chi connectivity index (χ0n) is 16.3. The van der Waals surface area contributed by atoms with Crippen LogP contribution in [0, 0.1) is 6.92 Å². The third-order valence-corrected chi connectivity index (χ3v) is 6.04. The lowest BCUT2D eigenvalue weighted by molar-refractivity contribution is -0.136. The second kappa shape index (κ2) is 7.38. The van der Waals surface area contributed by atoms with Crippen molar-refractivity contribution in [2.45, 2.75) is 58.4 Å². The molecule has 27 heavy (non-hydrogen) atoms. The molecule has 6 nitrogen and oxygen atoms in total. The highest BCUT2D eigenvalue weighted by molar-refractivity contribution is 7.15. The summed E-state index contributed by atoms with van der Waals surface area (Å²) in [4.78, 5) is 35.9. The van der Waals surface area contributed by atoms with Gasteiger partial charge in [0.15, 0.2) is 0 Å². The van der Waals surface area contributed by atoms with Gasteiger partial charge < -0.3 is 10.6 Å². The van der Waals surface area contributed by atoms with Crippen molar-refractivity contribution in [1.29, 1.82) is 0 Å². The summed E-state index contributed by atoms with van der Waals surface area (Å²) in [5.74, 6) is -0.509. The van der Waals surface area contributed by atoms with E-state index in [0.29, 0.717) is 13.0 Å². The number of carbonyl (C=O) groups is 2. The van der Waals surface area contributed by atoms with Crippen molar-refractivity contribution >= 4 is 23.2 Å². The Kier molecular flexibility index (Phi) is 5.33. The highest BCUT2D eigenvalue weighted by Crippen LogP contribution is 2.33. The van der Waals surface area contributed by atoms with Gasteiger partial charge in [0.05, 0.1) is 17.0 Å². The van der Waals surface area contributed by atoms with Crippen LogP contribution in [-0.4, -0.2) is 39.3 Å². The lowest BCUT2D eigenvalue weighted by Gasteiger charge is -2.21. The Labute approximate surface area is 163 Å². The van der Waals surface area contributed by atoms with Crippen LogP contribution in [0.2, 0.25) is 0 Å². The summed E-state index contributed by atoms with van der Waals surface area (Å²) in [6.45, 7) is 8.94. The molecule has 3 heterocycles. The van der Waals surface area contributed by atoms with Crippen molar-refractivity contribution in [1.82, 2.24) is 14.9 Å². The zero-order chi connectivity index (χ0) is 19.8. The molecule has 1 atom stereocenters. The molecule has 2 aromatic rings. The first-order valence-electron chi connectivity index (χ1n) is 9.19. The molecule has 1 saturated heterocycles. The number of thiazole rings is 1. The average molecular weight is 387 g/mol. The van der Waals surface area contributed by atoms with Crippen molar-refractivity contribution in [2.75, 3.05) is 6.54 Å². The fourth-order valence-electron chi connectivity index (χ4n) is 3.37. The van der Waals surface area contributed by atoms with Crippen LogP contribution in [0.25, 0.3) is 10.4 Å². The van der Waals surface area contributed by atoms with E-state index in [1.165, 1.54) is 11.3 Å². The van der Waals surface area contributed by atoms with Crippen LogP contribution >= 0.6 is 11.3 Å². The number of nitrogens with two attached hydrogens (primary N) is 1. The summed E-state index contributed by atoms with van der Waals surface area (Å²) in [7, 11) is 0. The molecule has 0 spiro atoms. The zero-order valence-corrected chi connectivity index (χ0v) is 17.1. The molecule has 3 rings (SSSR count). The molecule has 2 N–H and O–H groups in total. The van der Waals surface area contributed by atoms with E-state index < -0.39 is 11.9 Å². The third kappa shape index (κ3) is 4.18. The van der Waals surface area contributed by atoms with Gasteiger partial charge in [0.2, 0.25) is 11.8 Å². The van der Waals surface area contributed by atoms with Crippen LogP contribution in [0.15, 0.2) is 18.3 Å². The first-order chi connectivity index (χ1) is 12.7. The van der Waals surface area contributed by atoms with Crippen molar-refractivity contribution in [3.63, 3.8) is 0 Å². The van der Waals surface area contributed by atoms with Crippen molar-refractivity contribution in [3.8, 4) is 10.4 Å². The van der Waals surface area contributed by atoms with Crippen LogP contribution < -0.4 is 5.73 Å². The minimum atomic E-state index is -0.479. The Bertz CT molecular complexity index is 869. The molecule has 1 aliphatic heterocycles. The SMILES string of the molecule is Cc1nc(CC(=O)N2CCC[C@H]2C(N)=O)sc1-c1ccnc(C(C)(C)C)c1. The van der Waals surface area contributed by atoms with Gasteiger partial charge in [-0.3, -0.25) is 14.6 Å². The van der Waals surface area contributed by atoms with Crippen molar-refractivity contribution < 1.29 is 9.59 Å². The number of amides is 2. The Balaban J connectivity index is 1.81. The van der Waals surface area contributed by atoms with E-state index in [9.17, 15) is 9.59 Å². The van der Waals surface area contributed by atoms with E-state index in [1.807, 2.05) is 19.2 Å². The van der Waals surface area contributed by atoms with Crippen LogP contribution in [0.4, 0.5) is 0 Å². The normalized spacial score (nSPS) is 17.3. The number of primary amides is 1. The number of hydrogen-bond donors (Lipinski definition) is 1. The molecule has 2 amide bonds. The molecule has 7 heteroatoms.